The number of Topliss-reactive ketones (excluding diaryl/α,β-unsaturated/α-hetero) is 1. The third-order valence-electron chi connectivity index (χ3n) is 6.20. The zero-order chi connectivity index (χ0) is 21.6. The lowest BCUT2D eigenvalue weighted by Gasteiger charge is -2.20. The largest absolute Gasteiger partial charge is 0.438 e. The maximum atomic E-state index is 12.4. The zero-order valence-electron chi connectivity index (χ0n) is 18.5. The number of hydrogen-bond donors (Lipinski definition) is 0. The van der Waals surface area contributed by atoms with Crippen LogP contribution in [-0.4, -0.2) is 29.8 Å². The van der Waals surface area contributed by atoms with Gasteiger partial charge in [-0.1, -0.05) is 44.2 Å². The molecule has 0 amide bonds. The summed E-state index contributed by atoms with van der Waals surface area (Å²) in [6.45, 7) is 0. The van der Waals surface area contributed by atoms with Gasteiger partial charge in [0, 0.05) is 32.6 Å². The summed E-state index contributed by atoms with van der Waals surface area (Å²) in [5.74, 6) is 2.32. The molecule has 5 heteroatoms. The van der Waals surface area contributed by atoms with Gasteiger partial charge in [0.05, 0.1) is 10.9 Å². The minimum atomic E-state index is 0.331. The van der Waals surface area contributed by atoms with Crippen LogP contribution >= 0.6 is 0 Å². The summed E-state index contributed by atoms with van der Waals surface area (Å²) in [6, 6.07) is 13.8. The Bertz CT molecular complexity index is 1020. The van der Waals surface area contributed by atoms with Gasteiger partial charge < -0.3 is 9.64 Å². The van der Waals surface area contributed by atoms with E-state index in [-0.39, 0.29) is 0 Å². The van der Waals surface area contributed by atoms with Crippen molar-refractivity contribution in [2.45, 2.75) is 51.4 Å². The molecule has 162 valence electrons. The van der Waals surface area contributed by atoms with Gasteiger partial charge in [-0.05, 0) is 48.2 Å². The number of hydrogen-bond acceptors (Lipinski definition) is 5. The molecule has 0 spiro atoms. The number of aromatic nitrogens is 2. The number of rotatable bonds is 8. The van der Waals surface area contributed by atoms with Crippen LogP contribution in [0.25, 0.3) is 10.9 Å². The quantitative estimate of drug-likeness (QED) is 0.453. The van der Waals surface area contributed by atoms with Gasteiger partial charge in [-0.2, -0.15) is 0 Å². The van der Waals surface area contributed by atoms with Crippen LogP contribution in [0, 0.1) is 5.92 Å². The van der Waals surface area contributed by atoms with Gasteiger partial charge in [0.15, 0.2) is 0 Å². The van der Waals surface area contributed by atoms with E-state index in [1.165, 1.54) is 38.4 Å². The Hall–Kier alpha value is -2.95. The van der Waals surface area contributed by atoms with E-state index in [0.717, 1.165) is 34.5 Å². The fourth-order valence-corrected chi connectivity index (χ4v) is 4.32. The van der Waals surface area contributed by atoms with E-state index < -0.39 is 0 Å². The molecule has 0 unspecified atom stereocenters. The number of ether oxygens (including phenoxy) is 1. The van der Waals surface area contributed by atoms with Crippen LogP contribution in [-0.2, 0) is 11.2 Å². The summed E-state index contributed by atoms with van der Waals surface area (Å²) in [5, 5.41) is 0.870. The Labute approximate surface area is 184 Å². The highest BCUT2D eigenvalue weighted by atomic mass is 16.5. The van der Waals surface area contributed by atoms with E-state index >= 15 is 0 Å². The highest BCUT2D eigenvalue weighted by Crippen LogP contribution is 2.30. The van der Waals surface area contributed by atoms with Gasteiger partial charge in [-0.25, -0.2) is 9.97 Å². The second-order valence-corrected chi connectivity index (χ2v) is 8.78. The zero-order valence-corrected chi connectivity index (χ0v) is 18.5. The van der Waals surface area contributed by atoms with Crippen LogP contribution in [0.4, 0.5) is 5.69 Å². The van der Waals surface area contributed by atoms with Crippen molar-refractivity contribution in [3.63, 3.8) is 0 Å². The summed E-state index contributed by atoms with van der Waals surface area (Å²) in [4.78, 5) is 23.1. The summed E-state index contributed by atoms with van der Waals surface area (Å²) in [5.41, 5.74) is 2.95. The van der Waals surface area contributed by atoms with Crippen LogP contribution < -0.4 is 9.64 Å². The number of fused-ring (bicyclic) bond motifs is 1. The molecule has 0 atom stereocenters. The number of carbonyl (C=O) groups excluding carboxylic acids is 1. The fraction of sp³-hybridized carbons (Fsp3) is 0.423. The van der Waals surface area contributed by atoms with Gasteiger partial charge in [0.25, 0.3) is 0 Å². The van der Waals surface area contributed by atoms with Crippen molar-refractivity contribution < 1.29 is 9.53 Å². The Morgan fingerprint density at radius 1 is 1.03 bits per heavy atom. The number of anilines is 1. The molecule has 1 fully saturated rings. The fourth-order valence-electron chi connectivity index (χ4n) is 4.32. The van der Waals surface area contributed by atoms with E-state index in [2.05, 4.69) is 9.97 Å². The normalized spacial score (nSPS) is 14.5. The molecule has 3 aromatic rings. The smallest absolute Gasteiger partial charge is 0.230 e. The molecule has 31 heavy (non-hydrogen) atoms. The molecule has 1 aliphatic carbocycles. The monoisotopic (exact) mass is 417 g/mol. The first-order valence-electron chi connectivity index (χ1n) is 11.3. The van der Waals surface area contributed by atoms with Crippen LogP contribution in [0.1, 0.15) is 50.5 Å². The van der Waals surface area contributed by atoms with Crippen molar-refractivity contribution in [1.29, 1.82) is 0 Å². The van der Waals surface area contributed by atoms with Crippen LogP contribution in [0.3, 0.4) is 0 Å². The molecule has 1 aromatic heterocycles. The minimum Gasteiger partial charge on any atom is -0.438 e. The van der Waals surface area contributed by atoms with Crippen LogP contribution in [0.15, 0.2) is 48.8 Å². The number of nitrogens with zero attached hydrogens (tertiary/aromatic N) is 3. The van der Waals surface area contributed by atoms with E-state index in [0.29, 0.717) is 30.3 Å². The number of benzene rings is 2. The van der Waals surface area contributed by atoms with E-state index in [1.807, 2.05) is 61.5 Å². The van der Waals surface area contributed by atoms with Crippen molar-refractivity contribution in [3.05, 3.63) is 54.4 Å². The predicted molar refractivity (Wildman–Crippen MR) is 125 cm³/mol. The SMILES string of the molecule is CN(C)c1ccc2c(Oc3ccc(CC(=O)CCC4CCCCC4)cc3)ncnc2c1. The van der Waals surface area contributed by atoms with Crippen LogP contribution in [0.2, 0.25) is 0 Å². The van der Waals surface area contributed by atoms with Gasteiger partial charge in [0.1, 0.15) is 17.9 Å². The molecule has 1 aliphatic rings. The molecule has 0 saturated heterocycles. The van der Waals surface area contributed by atoms with Gasteiger partial charge in [-0.15, -0.1) is 0 Å². The Balaban J connectivity index is 1.36. The second kappa shape index (κ2) is 9.90. The third-order valence-corrected chi connectivity index (χ3v) is 6.20. The molecular formula is C26H31N3O2. The lowest BCUT2D eigenvalue weighted by atomic mass is 9.85. The molecule has 0 N–H and O–H groups in total. The highest BCUT2D eigenvalue weighted by molar-refractivity contribution is 5.86. The molecule has 4 rings (SSSR count). The van der Waals surface area contributed by atoms with Crippen molar-refractivity contribution in [3.8, 4) is 11.6 Å². The Morgan fingerprint density at radius 3 is 2.55 bits per heavy atom. The third kappa shape index (κ3) is 5.60. The summed E-state index contributed by atoms with van der Waals surface area (Å²) in [6.07, 6.45) is 10.4. The van der Waals surface area contributed by atoms with Crippen LogP contribution in [0.5, 0.6) is 11.6 Å². The summed E-state index contributed by atoms with van der Waals surface area (Å²) >= 11 is 0. The van der Waals surface area contributed by atoms with E-state index in [4.69, 9.17) is 4.74 Å². The van der Waals surface area contributed by atoms with Gasteiger partial charge in [-0.3, -0.25) is 4.79 Å². The molecule has 2 aromatic carbocycles. The second-order valence-electron chi connectivity index (χ2n) is 8.78. The van der Waals surface area contributed by atoms with E-state index in [9.17, 15) is 4.79 Å². The predicted octanol–water partition coefficient (Wildman–Crippen LogP) is 5.96. The molecule has 0 aliphatic heterocycles. The lowest BCUT2D eigenvalue weighted by molar-refractivity contribution is -0.118. The van der Waals surface area contributed by atoms with Crippen molar-refractivity contribution in [2.24, 2.45) is 5.92 Å². The molecule has 1 saturated carbocycles. The average Bonchev–Trinajstić information content (AvgIpc) is 2.79. The minimum absolute atomic E-state index is 0.331. The number of ketones is 1. The Kier molecular flexibility index (Phi) is 6.80. The van der Waals surface area contributed by atoms with Crippen molar-refractivity contribution in [2.75, 3.05) is 19.0 Å². The first kappa shape index (κ1) is 21.3. The van der Waals surface area contributed by atoms with Crippen molar-refractivity contribution >= 4 is 22.4 Å². The first-order chi connectivity index (χ1) is 15.1. The molecule has 1 heterocycles. The molecule has 0 bridgehead atoms. The molecule has 5 nitrogen and oxygen atoms in total. The maximum absolute atomic E-state index is 12.4. The average molecular weight is 418 g/mol. The van der Waals surface area contributed by atoms with E-state index in [1.54, 1.807) is 0 Å². The Morgan fingerprint density at radius 2 is 1.81 bits per heavy atom. The maximum Gasteiger partial charge on any atom is 0.230 e. The summed E-state index contributed by atoms with van der Waals surface area (Å²) < 4.78 is 6.03. The van der Waals surface area contributed by atoms with Crippen molar-refractivity contribution in [1.82, 2.24) is 9.97 Å². The van der Waals surface area contributed by atoms with Gasteiger partial charge >= 0.3 is 0 Å². The topological polar surface area (TPSA) is 55.3 Å². The number of carbonyl (C=O) groups is 1. The summed E-state index contributed by atoms with van der Waals surface area (Å²) in [7, 11) is 4.00. The molecule has 0 radical (unpaired) electrons. The molecular weight excluding hydrogens is 386 g/mol. The standard InChI is InChI=1S/C26H31N3O2/c1-29(2)21-11-15-24-25(17-21)27-18-28-26(24)31-23-13-9-20(10-14-23)16-22(30)12-8-19-6-4-3-5-7-19/h9-11,13-15,17-19H,3-8,12,16H2,1-2H3. The highest BCUT2D eigenvalue weighted by Gasteiger charge is 2.15. The van der Waals surface area contributed by atoms with Gasteiger partial charge in [0.2, 0.25) is 5.88 Å². The lowest BCUT2D eigenvalue weighted by Crippen LogP contribution is -2.10. The first-order valence-corrected chi connectivity index (χ1v) is 11.3.